The van der Waals surface area contributed by atoms with Gasteiger partial charge in [0.2, 0.25) is 5.78 Å². The Morgan fingerprint density at radius 3 is 2.53 bits per heavy atom. The Morgan fingerprint density at radius 1 is 1.18 bits per heavy atom. The van der Waals surface area contributed by atoms with Crippen molar-refractivity contribution in [2.75, 3.05) is 21.1 Å². The number of furan rings is 1. The van der Waals surface area contributed by atoms with Crippen molar-refractivity contribution in [2.45, 2.75) is 31.0 Å². The molecule has 0 unspecified atom stereocenters. The number of nitrogens with two attached hydrogens (primary N) is 1. The minimum absolute atomic E-state index is 0.0179. The van der Waals surface area contributed by atoms with Crippen LogP contribution in [0, 0.1) is 11.8 Å². The van der Waals surface area contributed by atoms with Crippen LogP contribution in [0.2, 0.25) is 0 Å². The lowest BCUT2D eigenvalue weighted by atomic mass is 9.58. The maximum atomic E-state index is 13.8. The molecule has 5 rings (SSSR count). The van der Waals surface area contributed by atoms with Crippen LogP contribution in [-0.4, -0.2) is 75.6 Å². The molecule has 4 atom stereocenters. The molecule has 3 aliphatic rings. The maximum Gasteiger partial charge on any atom is 0.255 e. The summed E-state index contributed by atoms with van der Waals surface area (Å²) in [5.41, 5.74) is 2.69. The molecule has 1 aromatic carbocycles. The van der Waals surface area contributed by atoms with Gasteiger partial charge in [0.1, 0.15) is 34.4 Å². The first-order valence-corrected chi connectivity index (χ1v) is 12.2. The van der Waals surface area contributed by atoms with Gasteiger partial charge in [0, 0.05) is 17.1 Å². The van der Waals surface area contributed by atoms with Gasteiger partial charge in [-0.3, -0.25) is 19.3 Å². The van der Waals surface area contributed by atoms with E-state index in [4.69, 9.17) is 10.2 Å². The number of ketones is 2. The molecular weight excluding hydrogens is 494 g/mol. The largest absolute Gasteiger partial charge is 0.510 e. The zero-order valence-corrected chi connectivity index (χ0v) is 21.1. The number of Topliss-reactive ketones (excluding diaryl/α,β-unsaturated/α-hetero) is 2. The molecule has 200 valence electrons. The van der Waals surface area contributed by atoms with E-state index in [2.05, 4.69) is 5.32 Å². The molecule has 2 aromatic rings. The second-order valence-corrected chi connectivity index (χ2v) is 10.2. The molecule has 11 heteroatoms. The van der Waals surface area contributed by atoms with Crippen LogP contribution >= 0.6 is 0 Å². The number of fused-ring (bicyclic) bond motifs is 3. The summed E-state index contributed by atoms with van der Waals surface area (Å²) >= 11 is 0. The normalized spacial score (nSPS) is 26.9. The van der Waals surface area contributed by atoms with Crippen molar-refractivity contribution in [3.8, 4) is 17.1 Å². The van der Waals surface area contributed by atoms with Gasteiger partial charge in [0.05, 0.1) is 18.2 Å². The Bertz CT molecular complexity index is 1450. The van der Waals surface area contributed by atoms with Crippen LogP contribution in [-0.2, 0) is 22.6 Å². The average Bonchev–Trinajstić information content (AvgIpc) is 3.29. The maximum absolute atomic E-state index is 13.8. The van der Waals surface area contributed by atoms with Crippen molar-refractivity contribution in [2.24, 2.45) is 17.6 Å². The van der Waals surface area contributed by atoms with Crippen molar-refractivity contribution in [3.63, 3.8) is 0 Å². The molecule has 3 aliphatic carbocycles. The van der Waals surface area contributed by atoms with Crippen molar-refractivity contribution in [3.05, 3.63) is 63.8 Å². The van der Waals surface area contributed by atoms with Crippen LogP contribution in [0.3, 0.4) is 0 Å². The van der Waals surface area contributed by atoms with Gasteiger partial charge in [0.15, 0.2) is 11.4 Å². The third kappa shape index (κ3) is 3.43. The van der Waals surface area contributed by atoms with E-state index in [1.165, 1.54) is 11.0 Å². The first kappa shape index (κ1) is 25.7. The lowest BCUT2D eigenvalue weighted by Crippen LogP contribution is -2.63. The number of hydrogen-bond donors (Lipinski definition) is 6. The second kappa shape index (κ2) is 8.83. The van der Waals surface area contributed by atoms with E-state index >= 15 is 0 Å². The number of aliphatic hydroxyl groups excluding tert-OH is 2. The lowest BCUT2D eigenvalue weighted by molar-refractivity contribution is -0.148. The number of amides is 1. The minimum Gasteiger partial charge on any atom is -0.510 e. The van der Waals surface area contributed by atoms with Gasteiger partial charge in [-0.1, -0.05) is 0 Å². The van der Waals surface area contributed by atoms with Crippen molar-refractivity contribution >= 4 is 17.5 Å². The fourth-order valence-electron chi connectivity index (χ4n) is 6.27. The van der Waals surface area contributed by atoms with Gasteiger partial charge >= 0.3 is 0 Å². The average molecular weight is 524 g/mol. The number of phenolic OH excluding ortho intramolecular Hbond substituents is 1. The van der Waals surface area contributed by atoms with Crippen LogP contribution in [0.5, 0.6) is 5.75 Å². The number of allylic oxidation sites excluding steroid dienone is 1. The van der Waals surface area contributed by atoms with Gasteiger partial charge in [-0.15, -0.1) is 0 Å². The molecule has 0 saturated carbocycles. The third-order valence-corrected chi connectivity index (χ3v) is 7.88. The van der Waals surface area contributed by atoms with Crippen LogP contribution in [0.1, 0.15) is 28.1 Å². The Labute approximate surface area is 217 Å². The fourth-order valence-corrected chi connectivity index (χ4v) is 6.27. The summed E-state index contributed by atoms with van der Waals surface area (Å²) in [6.07, 6.45) is 0.199. The molecule has 0 fully saturated rings. The van der Waals surface area contributed by atoms with Crippen LogP contribution in [0.4, 0.5) is 0 Å². The number of carbonyl (C=O) groups excluding carboxylic acids is 3. The van der Waals surface area contributed by atoms with Gasteiger partial charge in [-0.2, -0.15) is 0 Å². The highest BCUT2D eigenvalue weighted by atomic mass is 16.4. The van der Waals surface area contributed by atoms with Crippen LogP contribution in [0.15, 0.2) is 51.3 Å². The standard InChI is InChI=1S/C27H29N3O8/c1-29-10-12-4-7-17(38-12)13-5-6-16(31)19-14(13)8-11-9-15-21(30(2)3)23(33)20(26(28)36)25(35)27(15,37)24(34)18(11)22(19)32/h4-7,11,15,21,29,31,33-34,37H,8-10H2,1-3H3,(H2,28,36)/t11-,15-,21-,27-/m0/s1. The molecule has 0 bridgehead atoms. The molecule has 1 amide bonds. The molecule has 0 spiro atoms. The molecule has 7 N–H and O–H groups in total. The summed E-state index contributed by atoms with van der Waals surface area (Å²) in [5, 5.41) is 47.6. The van der Waals surface area contributed by atoms with E-state index in [0.717, 1.165) is 0 Å². The van der Waals surface area contributed by atoms with Crippen molar-refractivity contribution in [1.82, 2.24) is 10.2 Å². The summed E-state index contributed by atoms with van der Waals surface area (Å²) in [5.74, 6) is -5.65. The number of primary amides is 1. The second-order valence-electron chi connectivity index (χ2n) is 10.2. The lowest BCUT2D eigenvalue weighted by Gasteiger charge is -2.50. The number of nitrogens with one attached hydrogen (secondary N) is 1. The van der Waals surface area contributed by atoms with Crippen LogP contribution < -0.4 is 11.1 Å². The van der Waals surface area contributed by atoms with E-state index in [0.29, 0.717) is 29.2 Å². The number of rotatable bonds is 5. The molecule has 1 heterocycles. The SMILES string of the molecule is CNCc1ccc(-c2ccc(O)c3c2C[C@H]2C[C@H]4[C@H](N(C)C)C(O)=C(C(N)=O)C(=O)[C@@]4(O)C(O)=C2C3=O)o1. The van der Waals surface area contributed by atoms with E-state index in [9.17, 15) is 34.8 Å². The molecule has 1 aromatic heterocycles. The summed E-state index contributed by atoms with van der Waals surface area (Å²) in [4.78, 5) is 40.7. The number of aliphatic hydroxyl groups is 3. The summed E-state index contributed by atoms with van der Waals surface area (Å²) < 4.78 is 5.93. The molecule has 38 heavy (non-hydrogen) atoms. The first-order valence-electron chi connectivity index (χ1n) is 12.2. The number of aromatic hydroxyl groups is 1. The predicted molar refractivity (Wildman–Crippen MR) is 134 cm³/mol. The fraction of sp³-hybridized carbons (Fsp3) is 0.370. The minimum atomic E-state index is -2.67. The molecule has 0 saturated heterocycles. The molecular formula is C27H29N3O8. The van der Waals surface area contributed by atoms with Crippen LogP contribution in [0.25, 0.3) is 11.3 Å². The zero-order valence-electron chi connectivity index (χ0n) is 21.1. The Kier molecular flexibility index (Phi) is 5.97. The number of likely N-dealkylation sites (N-methyl/N-ethyl adjacent to an activating group) is 1. The van der Waals surface area contributed by atoms with E-state index in [1.807, 2.05) is 0 Å². The monoisotopic (exact) mass is 523 g/mol. The Balaban J connectivity index is 1.69. The number of phenols is 1. The van der Waals surface area contributed by atoms with Gasteiger partial charge in [-0.05, 0) is 69.7 Å². The number of carbonyl (C=O) groups is 3. The number of hydrogen-bond acceptors (Lipinski definition) is 10. The highest BCUT2D eigenvalue weighted by molar-refractivity contribution is 6.24. The van der Waals surface area contributed by atoms with E-state index < -0.39 is 58.0 Å². The number of nitrogens with zero attached hydrogens (tertiary/aromatic N) is 1. The molecule has 0 aliphatic heterocycles. The smallest absolute Gasteiger partial charge is 0.255 e. The topological polar surface area (TPSA) is 187 Å². The highest BCUT2D eigenvalue weighted by Gasteiger charge is 2.63. The Hall–Kier alpha value is -3.93. The van der Waals surface area contributed by atoms with Crippen molar-refractivity contribution < 1.29 is 39.2 Å². The molecule has 0 radical (unpaired) electrons. The Morgan fingerprint density at radius 2 is 1.89 bits per heavy atom. The summed E-state index contributed by atoms with van der Waals surface area (Å²) in [6, 6.07) is 5.52. The first-order chi connectivity index (χ1) is 17.9. The van der Waals surface area contributed by atoms with Gasteiger partial charge < -0.3 is 35.9 Å². The van der Waals surface area contributed by atoms with E-state index in [1.54, 1.807) is 39.3 Å². The van der Waals surface area contributed by atoms with Gasteiger partial charge in [-0.25, -0.2) is 0 Å². The summed E-state index contributed by atoms with van der Waals surface area (Å²) in [7, 11) is 4.95. The van der Waals surface area contributed by atoms with E-state index in [-0.39, 0.29) is 29.7 Å². The zero-order chi connectivity index (χ0) is 27.7. The van der Waals surface area contributed by atoms with Gasteiger partial charge in [0.25, 0.3) is 5.91 Å². The van der Waals surface area contributed by atoms with Crippen molar-refractivity contribution in [1.29, 1.82) is 0 Å². The quantitative estimate of drug-likeness (QED) is 0.310. The molecule has 11 nitrogen and oxygen atoms in total. The number of benzene rings is 1. The summed E-state index contributed by atoms with van der Waals surface area (Å²) in [6.45, 7) is 0.493. The predicted octanol–water partition coefficient (Wildman–Crippen LogP) is 1.10. The highest BCUT2D eigenvalue weighted by Crippen LogP contribution is 2.53. The third-order valence-electron chi connectivity index (χ3n) is 7.88.